The molecule has 7 rings (SSSR count). The third-order valence-corrected chi connectivity index (χ3v) is 8.61. The molecule has 2 aliphatic carbocycles. The third-order valence-electron chi connectivity index (χ3n) is 8.61. The molecule has 1 aromatic heterocycles. The molecule has 5 N–H and O–H groups in total. The molecule has 4 unspecified atom stereocenters. The quantitative estimate of drug-likeness (QED) is 0.336. The number of H-pyrrole nitrogens is 1. The van der Waals surface area contributed by atoms with Crippen LogP contribution < -0.4 is 4.74 Å². The van der Waals surface area contributed by atoms with Crippen LogP contribution in [0.5, 0.6) is 11.5 Å². The van der Waals surface area contributed by atoms with Gasteiger partial charge in [-0.3, -0.25) is 0 Å². The highest BCUT2D eigenvalue weighted by Gasteiger charge is 2.65. The fourth-order valence-electron chi connectivity index (χ4n) is 6.96. The molecule has 3 aliphatic heterocycles. The van der Waals surface area contributed by atoms with E-state index in [2.05, 4.69) is 38.6 Å². The van der Waals surface area contributed by atoms with E-state index in [9.17, 15) is 20.4 Å². The van der Waals surface area contributed by atoms with Gasteiger partial charge in [0.2, 0.25) is 5.82 Å². The fourth-order valence-corrected chi connectivity index (χ4v) is 6.96. The smallest absolute Gasteiger partial charge is 0.206 e. The number of nitrogens with zero attached hydrogens (tertiary/aromatic N) is 4. The summed E-state index contributed by atoms with van der Waals surface area (Å²) in [6.07, 6.45) is -2.28. The van der Waals surface area contributed by atoms with Crippen LogP contribution in [0.25, 0.3) is 0 Å². The Morgan fingerprint density at radius 2 is 2.03 bits per heavy atom. The first kappa shape index (κ1) is 21.7. The summed E-state index contributed by atoms with van der Waals surface area (Å²) in [5, 5.41) is 55.8. The van der Waals surface area contributed by atoms with E-state index in [1.165, 1.54) is 5.56 Å². The van der Waals surface area contributed by atoms with Gasteiger partial charge >= 0.3 is 0 Å². The number of phenolic OH excluding ortho intramolecular Hbond substituents is 1. The lowest BCUT2D eigenvalue weighted by Gasteiger charge is -2.57. The molecule has 0 amide bonds. The van der Waals surface area contributed by atoms with Crippen LogP contribution in [0.1, 0.15) is 29.5 Å². The summed E-state index contributed by atoms with van der Waals surface area (Å²) in [5.74, 6) is 0.827. The number of nitrogens with one attached hydrogen (secondary N) is 1. The van der Waals surface area contributed by atoms with Gasteiger partial charge in [-0.1, -0.05) is 23.4 Å². The molecule has 1 aromatic carbocycles. The van der Waals surface area contributed by atoms with Crippen molar-refractivity contribution in [3.8, 4) is 11.5 Å². The molecular weight excluding hydrogens is 458 g/mol. The molecule has 186 valence electrons. The lowest BCUT2D eigenvalue weighted by atomic mass is 9.53. The summed E-state index contributed by atoms with van der Waals surface area (Å²) in [6, 6.07) is 3.97. The van der Waals surface area contributed by atoms with Crippen molar-refractivity contribution < 1.29 is 34.6 Å². The largest absolute Gasteiger partial charge is 0.504 e. The molecule has 5 aliphatic rings. The van der Waals surface area contributed by atoms with Crippen molar-refractivity contribution in [1.29, 1.82) is 0 Å². The summed E-state index contributed by atoms with van der Waals surface area (Å²) >= 11 is 0. The van der Waals surface area contributed by atoms with E-state index in [0.717, 1.165) is 24.9 Å². The molecule has 12 heteroatoms. The highest BCUT2D eigenvalue weighted by atomic mass is 16.7. The number of aromatic amines is 1. The van der Waals surface area contributed by atoms with E-state index < -0.39 is 42.9 Å². The molecule has 2 aromatic rings. The van der Waals surface area contributed by atoms with Gasteiger partial charge in [0.15, 0.2) is 23.9 Å². The number of hydrogen-bond acceptors (Lipinski definition) is 11. The van der Waals surface area contributed by atoms with Crippen LogP contribution in [0.3, 0.4) is 0 Å². The zero-order valence-electron chi connectivity index (χ0n) is 18.9. The Balaban J connectivity index is 1.25. The van der Waals surface area contributed by atoms with Gasteiger partial charge in [-0.05, 0) is 38.1 Å². The number of likely N-dealkylation sites (N-methyl/N-ethyl adjacent to an activating group) is 1. The molecule has 0 saturated carbocycles. The maximum atomic E-state index is 10.7. The Hall–Kier alpha value is -2.61. The second kappa shape index (κ2) is 7.45. The van der Waals surface area contributed by atoms with Crippen molar-refractivity contribution >= 4 is 0 Å². The predicted octanol–water partition coefficient (Wildman–Crippen LogP) is -1.08. The maximum Gasteiger partial charge on any atom is 0.206 e. The number of hydrogen-bond donors (Lipinski definition) is 5. The van der Waals surface area contributed by atoms with Crippen molar-refractivity contribution in [3.05, 3.63) is 41.2 Å². The Kier molecular flexibility index (Phi) is 4.61. The van der Waals surface area contributed by atoms with E-state index in [1.807, 2.05) is 12.1 Å². The number of aliphatic hydroxyl groups excluding tert-OH is 3. The number of aliphatic hydroxyl groups is 3. The van der Waals surface area contributed by atoms with Crippen LogP contribution >= 0.6 is 0 Å². The minimum atomic E-state index is -1.55. The average molecular weight is 485 g/mol. The summed E-state index contributed by atoms with van der Waals surface area (Å²) in [5.41, 5.74) is 1.84. The summed E-state index contributed by atoms with van der Waals surface area (Å²) < 4.78 is 18.6. The van der Waals surface area contributed by atoms with Crippen molar-refractivity contribution in [2.75, 3.05) is 13.6 Å². The monoisotopic (exact) mass is 485 g/mol. The van der Waals surface area contributed by atoms with Crippen LogP contribution in [0.4, 0.5) is 0 Å². The second-order valence-electron chi connectivity index (χ2n) is 10.2. The number of ether oxygens (including phenoxy) is 3. The van der Waals surface area contributed by atoms with Crippen molar-refractivity contribution in [2.45, 2.75) is 67.2 Å². The van der Waals surface area contributed by atoms with Gasteiger partial charge < -0.3 is 39.5 Å². The van der Waals surface area contributed by atoms with Gasteiger partial charge in [-0.25, -0.2) is 0 Å². The van der Waals surface area contributed by atoms with Gasteiger partial charge in [0.1, 0.15) is 30.5 Å². The molecule has 4 heterocycles. The maximum absolute atomic E-state index is 10.7. The standard InChI is InChI=1S/C23H27N5O7/c1-28-7-6-23-10-3-5-13(20(23)34-18-12(29)4-2-9(14(18)23)8-11(10)28)33-22-17(32)15(30)16(31)19(35-22)21-24-26-27-25-21/h2-5,10-11,13,15-17,19-20,22,29-32H,6-8H2,1H3,(H,24,25,26,27)/t10?,11-,13?,15+,16+,17?,19?,20+,22-,23+/m1/s1. The lowest BCUT2D eigenvalue weighted by Crippen LogP contribution is -2.66. The number of phenols is 1. The first-order chi connectivity index (χ1) is 16.9. The second-order valence-corrected chi connectivity index (χ2v) is 10.2. The fraction of sp³-hybridized carbons (Fsp3) is 0.609. The Labute approximate surface area is 200 Å². The summed E-state index contributed by atoms with van der Waals surface area (Å²) in [4.78, 5) is 2.38. The van der Waals surface area contributed by atoms with Gasteiger partial charge in [-0.2, -0.15) is 5.21 Å². The number of likely N-dealkylation sites (tertiary alicyclic amines) is 1. The number of piperidine rings is 1. The normalized spacial score (nSPS) is 43.6. The van der Waals surface area contributed by atoms with Gasteiger partial charge in [0.05, 0.1) is 0 Å². The van der Waals surface area contributed by atoms with Gasteiger partial charge in [-0.15, -0.1) is 10.2 Å². The predicted molar refractivity (Wildman–Crippen MR) is 116 cm³/mol. The average Bonchev–Trinajstić information content (AvgIpc) is 3.50. The highest BCUT2D eigenvalue weighted by molar-refractivity contribution is 5.61. The summed E-state index contributed by atoms with van der Waals surface area (Å²) in [7, 11) is 2.14. The molecule has 35 heavy (non-hydrogen) atoms. The van der Waals surface area contributed by atoms with E-state index >= 15 is 0 Å². The Bertz CT molecular complexity index is 1180. The third kappa shape index (κ3) is 2.80. The molecule has 12 nitrogen and oxygen atoms in total. The molecule has 2 saturated heterocycles. The molecule has 2 fully saturated rings. The first-order valence-corrected chi connectivity index (χ1v) is 11.9. The lowest BCUT2D eigenvalue weighted by molar-refractivity contribution is -0.314. The minimum absolute atomic E-state index is 0.0411. The van der Waals surface area contributed by atoms with Crippen molar-refractivity contribution in [2.24, 2.45) is 5.92 Å². The van der Waals surface area contributed by atoms with Crippen LogP contribution in [0.2, 0.25) is 0 Å². The molecule has 10 atom stereocenters. The Morgan fingerprint density at radius 3 is 2.83 bits per heavy atom. The zero-order valence-corrected chi connectivity index (χ0v) is 18.9. The van der Waals surface area contributed by atoms with Crippen molar-refractivity contribution in [3.63, 3.8) is 0 Å². The van der Waals surface area contributed by atoms with Crippen LogP contribution in [0, 0.1) is 5.92 Å². The van der Waals surface area contributed by atoms with Crippen LogP contribution in [0.15, 0.2) is 24.3 Å². The van der Waals surface area contributed by atoms with E-state index in [1.54, 1.807) is 6.07 Å². The van der Waals surface area contributed by atoms with E-state index in [0.29, 0.717) is 11.8 Å². The summed E-state index contributed by atoms with van der Waals surface area (Å²) in [6.45, 7) is 0.878. The number of aromatic hydroxyl groups is 1. The molecule has 1 spiro atoms. The van der Waals surface area contributed by atoms with E-state index in [-0.39, 0.29) is 22.9 Å². The van der Waals surface area contributed by atoms with Gasteiger partial charge in [0, 0.05) is 22.9 Å². The number of rotatable bonds is 3. The highest BCUT2D eigenvalue weighted by Crippen LogP contribution is 2.62. The Morgan fingerprint density at radius 1 is 1.17 bits per heavy atom. The van der Waals surface area contributed by atoms with Crippen molar-refractivity contribution in [1.82, 2.24) is 25.5 Å². The van der Waals surface area contributed by atoms with Crippen LogP contribution in [-0.4, -0.2) is 102 Å². The molecular formula is C23H27N5O7. The minimum Gasteiger partial charge on any atom is -0.504 e. The SMILES string of the molecule is CN1CC[C@]23c4c5ccc(O)c4O[C@H]2C(O[C@@H]2OC(c4nn[nH]n4)[C@@H](O)[C@H](O)C2O)C=CC3[C@H]1C5. The van der Waals surface area contributed by atoms with E-state index in [4.69, 9.17) is 14.2 Å². The number of benzene rings is 1. The zero-order chi connectivity index (χ0) is 24.1. The molecule has 2 bridgehead atoms. The number of tetrazole rings is 1. The molecule has 0 radical (unpaired) electrons. The number of aromatic nitrogens is 4. The first-order valence-electron chi connectivity index (χ1n) is 11.9. The van der Waals surface area contributed by atoms with Crippen LogP contribution in [-0.2, 0) is 21.3 Å². The topological polar surface area (TPSA) is 166 Å². The van der Waals surface area contributed by atoms with Gasteiger partial charge in [0.25, 0.3) is 0 Å².